The molecule has 0 saturated heterocycles. The van der Waals surface area contributed by atoms with E-state index in [2.05, 4.69) is 5.32 Å². The van der Waals surface area contributed by atoms with Crippen LogP contribution < -0.4 is 14.8 Å². The number of anilines is 1. The van der Waals surface area contributed by atoms with Gasteiger partial charge in [0, 0.05) is 12.6 Å². The van der Waals surface area contributed by atoms with Crippen LogP contribution in [0.5, 0.6) is 11.5 Å². The lowest BCUT2D eigenvalue weighted by Crippen LogP contribution is -2.31. The summed E-state index contributed by atoms with van der Waals surface area (Å²) >= 11 is 0. The number of nitrogens with one attached hydrogen (secondary N) is 1. The van der Waals surface area contributed by atoms with Gasteiger partial charge in [-0.05, 0) is 19.1 Å². The molecule has 0 amide bonds. The van der Waals surface area contributed by atoms with Crippen molar-refractivity contribution < 1.29 is 22.6 Å². The van der Waals surface area contributed by atoms with Gasteiger partial charge in [-0.25, -0.2) is 0 Å². The Bertz CT molecular complexity index is 406. The molecule has 2 rings (SSSR count). The summed E-state index contributed by atoms with van der Waals surface area (Å²) in [7, 11) is 0. The monoisotopic (exact) mass is 247 g/mol. The van der Waals surface area contributed by atoms with Gasteiger partial charge in [0.2, 0.25) is 0 Å². The molecule has 1 unspecified atom stereocenters. The first-order chi connectivity index (χ1) is 7.97. The Morgan fingerprint density at radius 1 is 1.41 bits per heavy atom. The van der Waals surface area contributed by atoms with Gasteiger partial charge in [0.15, 0.2) is 6.10 Å². The second-order valence-corrected chi connectivity index (χ2v) is 3.73. The third kappa shape index (κ3) is 2.75. The van der Waals surface area contributed by atoms with Gasteiger partial charge in [-0.15, -0.1) is 0 Å². The van der Waals surface area contributed by atoms with E-state index >= 15 is 0 Å². The Morgan fingerprint density at radius 3 is 2.88 bits per heavy atom. The first kappa shape index (κ1) is 11.9. The Hall–Kier alpha value is -1.59. The molecule has 6 heteroatoms. The standard InChI is InChI=1S/C11H12F3NO2/c1-7(11(12,13)14)17-8-2-3-10-9(6-8)15-4-5-16-10/h2-3,6-7,15H,4-5H2,1H3. The quantitative estimate of drug-likeness (QED) is 0.871. The number of benzene rings is 1. The van der Waals surface area contributed by atoms with Gasteiger partial charge in [-0.3, -0.25) is 0 Å². The summed E-state index contributed by atoms with van der Waals surface area (Å²) in [4.78, 5) is 0. The fourth-order valence-electron chi connectivity index (χ4n) is 1.46. The van der Waals surface area contributed by atoms with E-state index in [4.69, 9.17) is 9.47 Å². The number of halogens is 3. The molecule has 0 radical (unpaired) electrons. The van der Waals surface area contributed by atoms with Crippen molar-refractivity contribution in [3.63, 3.8) is 0 Å². The zero-order valence-electron chi connectivity index (χ0n) is 9.17. The van der Waals surface area contributed by atoms with E-state index < -0.39 is 12.3 Å². The lowest BCUT2D eigenvalue weighted by atomic mass is 10.2. The number of alkyl halides is 3. The number of rotatable bonds is 2. The third-order valence-electron chi connectivity index (χ3n) is 2.40. The van der Waals surface area contributed by atoms with Gasteiger partial charge < -0.3 is 14.8 Å². The van der Waals surface area contributed by atoms with E-state index in [-0.39, 0.29) is 5.75 Å². The maximum atomic E-state index is 12.3. The van der Waals surface area contributed by atoms with Gasteiger partial charge in [0.1, 0.15) is 18.1 Å². The molecule has 0 bridgehead atoms. The van der Waals surface area contributed by atoms with E-state index in [1.165, 1.54) is 12.1 Å². The lowest BCUT2D eigenvalue weighted by Gasteiger charge is -2.22. The van der Waals surface area contributed by atoms with Crippen LogP contribution in [0.1, 0.15) is 6.92 Å². The second-order valence-electron chi connectivity index (χ2n) is 3.73. The van der Waals surface area contributed by atoms with Crippen molar-refractivity contribution in [2.75, 3.05) is 18.5 Å². The molecule has 0 fully saturated rings. The molecule has 1 atom stereocenters. The number of ether oxygens (including phenoxy) is 2. The predicted octanol–water partition coefficient (Wildman–Crippen LogP) is 2.82. The summed E-state index contributed by atoms with van der Waals surface area (Å²) in [6, 6.07) is 4.57. The molecular formula is C11H12F3NO2. The third-order valence-corrected chi connectivity index (χ3v) is 2.40. The molecule has 1 heterocycles. The molecule has 1 aliphatic rings. The highest BCUT2D eigenvalue weighted by Gasteiger charge is 2.38. The molecule has 1 aromatic carbocycles. The van der Waals surface area contributed by atoms with Gasteiger partial charge >= 0.3 is 6.18 Å². The Morgan fingerprint density at radius 2 is 2.18 bits per heavy atom. The van der Waals surface area contributed by atoms with Crippen LogP contribution in [0.4, 0.5) is 18.9 Å². The highest BCUT2D eigenvalue weighted by Crippen LogP contribution is 2.33. The SMILES string of the molecule is CC(Oc1ccc2c(c1)NCCO2)C(F)(F)F. The zero-order chi connectivity index (χ0) is 12.5. The van der Waals surface area contributed by atoms with Crippen LogP contribution in [0.2, 0.25) is 0 Å². The number of hydrogen-bond donors (Lipinski definition) is 1. The van der Waals surface area contributed by atoms with Gasteiger partial charge in [0.25, 0.3) is 0 Å². The first-order valence-electron chi connectivity index (χ1n) is 5.21. The second kappa shape index (κ2) is 4.35. The normalized spacial score (nSPS) is 16.5. The van der Waals surface area contributed by atoms with Crippen LogP contribution >= 0.6 is 0 Å². The van der Waals surface area contributed by atoms with Crippen molar-refractivity contribution in [3.05, 3.63) is 18.2 Å². The summed E-state index contributed by atoms with van der Waals surface area (Å²) in [5.41, 5.74) is 0.656. The van der Waals surface area contributed by atoms with Crippen LogP contribution in [0.3, 0.4) is 0 Å². The fraction of sp³-hybridized carbons (Fsp3) is 0.455. The Kier molecular flexibility index (Phi) is 3.04. The molecule has 1 N–H and O–H groups in total. The molecule has 3 nitrogen and oxygen atoms in total. The topological polar surface area (TPSA) is 30.5 Å². The van der Waals surface area contributed by atoms with Gasteiger partial charge in [-0.1, -0.05) is 0 Å². The molecule has 0 saturated carbocycles. The van der Waals surface area contributed by atoms with Crippen molar-refractivity contribution in [2.24, 2.45) is 0 Å². The minimum atomic E-state index is -4.36. The van der Waals surface area contributed by atoms with Crippen LogP contribution in [0, 0.1) is 0 Å². The van der Waals surface area contributed by atoms with Crippen molar-refractivity contribution in [1.29, 1.82) is 0 Å². The van der Waals surface area contributed by atoms with E-state index in [1.807, 2.05) is 0 Å². The maximum Gasteiger partial charge on any atom is 0.425 e. The van der Waals surface area contributed by atoms with Crippen molar-refractivity contribution >= 4 is 5.69 Å². The summed E-state index contributed by atoms with van der Waals surface area (Å²) in [5.74, 6) is 0.801. The Labute approximate surface area is 96.5 Å². The molecule has 17 heavy (non-hydrogen) atoms. The van der Waals surface area contributed by atoms with Crippen LogP contribution in [0.15, 0.2) is 18.2 Å². The van der Waals surface area contributed by atoms with E-state index in [1.54, 1.807) is 6.07 Å². The average molecular weight is 247 g/mol. The molecule has 0 spiro atoms. The zero-order valence-corrected chi connectivity index (χ0v) is 9.17. The lowest BCUT2D eigenvalue weighted by molar-refractivity contribution is -0.189. The van der Waals surface area contributed by atoms with Crippen LogP contribution in [-0.2, 0) is 0 Å². The summed E-state index contributed by atoms with van der Waals surface area (Å²) in [6.07, 6.45) is -6.19. The molecule has 1 aromatic rings. The number of hydrogen-bond acceptors (Lipinski definition) is 3. The Balaban J connectivity index is 2.12. The van der Waals surface area contributed by atoms with Crippen molar-refractivity contribution in [3.8, 4) is 11.5 Å². The molecule has 0 aromatic heterocycles. The maximum absolute atomic E-state index is 12.3. The predicted molar refractivity (Wildman–Crippen MR) is 56.6 cm³/mol. The van der Waals surface area contributed by atoms with Crippen LogP contribution in [0.25, 0.3) is 0 Å². The van der Waals surface area contributed by atoms with E-state index in [0.717, 1.165) is 6.92 Å². The summed E-state index contributed by atoms with van der Waals surface area (Å²) < 4.78 is 47.1. The van der Waals surface area contributed by atoms with Crippen molar-refractivity contribution in [1.82, 2.24) is 0 Å². The fourth-order valence-corrected chi connectivity index (χ4v) is 1.46. The molecule has 1 aliphatic heterocycles. The van der Waals surface area contributed by atoms with Crippen LogP contribution in [-0.4, -0.2) is 25.4 Å². The summed E-state index contributed by atoms with van der Waals surface area (Å²) in [6.45, 7) is 2.15. The van der Waals surface area contributed by atoms with E-state index in [9.17, 15) is 13.2 Å². The molecule has 0 aliphatic carbocycles. The van der Waals surface area contributed by atoms with Crippen molar-refractivity contribution in [2.45, 2.75) is 19.2 Å². The smallest absolute Gasteiger partial charge is 0.425 e. The van der Waals surface area contributed by atoms with Gasteiger partial charge in [-0.2, -0.15) is 13.2 Å². The van der Waals surface area contributed by atoms with E-state index in [0.29, 0.717) is 24.6 Å². The molecular weight excluding hydrogens is 235 g/mol. The highest BCUT2D eigenvalue weighted by atomic mass is 19.4. The molecule has 94 valence electrons. The first-order valence-corrected chi connectivity index (χ1v) is 5.21. The minimum Gasteiger partial charge on any atom is -0.490 e. The highest BCUT2D eigenvalue weighted by molar-refractivity contribution is 5.60. The minimum absolute atomic E-state index is 0.173. The van der Waals surface area contributed by atoms with Gasteiger partial charge in [0.05, 0.1) is 5.69 Å². The summed E-state index contributed by atoms with van der Waals surface area (Å²) in [5, 5.41) is 3.03. The number of fused-ring (bicyclic) bond motifs is 1. The largest absolute Gasteiger partial charge is 0.490 e. The average Bonchev–Trinajstić information content (AvgIpc) is 2.27.